The molecule has 2 aromatic carbocycles. The van der Waals surface area contributed by atoms with Crippen molar-refractivity contribution < 1.29 is 24.5 Å². The number of aliphatic hydroxyl groups is 1. The summed E-state index contributed by atoms with van der Waals surface area (Å²) in [6.07, 6.45) is -1.60. The average molecular weight is 272 g/mol. The Morgan fingerprint density at radius 2 is 1.55 bits per heavy atom. The Bertz CT molecular complexity index is 604. The van der Waals surface area contributed by atoms with Crippen LogP contribution in [0.15, 0.2) is 54.6 Å². The molecule has 0 radical (unpaired) electrons. The Morgan fingerprint density at radius 3 is 2.10 bits per heavy atom. The number of carbonyl (C=O) groups excluding carboxylic acids is 1. The summed E-state index contributed by atoms with van der Waals surface area (Å²) >= 11 is 0. The molecule has 0 aliphatic carbocycles. The van der Waals surface area contributed by atoms with Gasteiger partial charge in [-0.3, -0.25) is 0 Å². The molecule has 2 N–H and O–H groups in total. The largest absolute Gasteiger partial charge is 0.479 e. The molecule has 1 atom stereocenters. The lowest BCUT2D eigenvalue weighted by molar-refractivity contribution is -0.146. The summed E-state index contributed by atoms with van der Waals surface area (Å²) in [6.45, 7) is 0. The van der Waals surface area contributed by atoms with Gasteiger partial charge < -0.3 is 14.9 Å². The zero-order valence-corrected chi connectivity index (χ0v) is 10.4. The third-order valence-electron chi connectivity index (χ3n) is 2.65. The number of ether oxygens (including phenoxy) is 1. The summed E-state index contributed by atoms with van der Waals surface area (Å²) in [4.78, 5) is 22.4. The predicted molar refractivity (Wildman–Crippen MR) is 70.4 cm³/mol. The first-order valence-corrected chi connectivity index (χ1v) is 5.86. The molecule has 0 aliphatic heterocycles. The van der Waals surface area contributed by atoms with Crippen LogP contribution < -0.4 is 4.74 Å². The topological polar surface area (TPSA) is 83.8 Å². The summed E-state index contributed by atoms with van der Waals surface area (Å²) in [5, 5.41) is 18.0. The fraction of sp³-hybridized carbons (Fsp3) is 0.0667. The van der Waals surface area contributed by atoms with Crippen molar-refractivity contribution in [3.05, 3.63) is 65.7 Å². The molecule has 0 spiro atoms. The monoisotopic (exact) mass is 272 g/mol. The molecular formula is C15H12O5. The molecule has 0 aromatic heterocycles. The zero-order chi connectivity index (χ0) is 14.5. The molecule has 0 amide bonds. The highest BCUT2D eigenvalue weighted by Gasteiger charge is 2.16. The van der Waals surface area contributed by atoms with Crippen LogP contribution in [-0.2, 0) is 4.79 Å². The molecule has 0 heterocycles. The number of aliphatic hydroxyl groups excluding tert-OH is 1. The second-order valence-electron chi connectivity index (χ2n) is 4.07. The molecule has 0 bridgehead atoms. The number of carbonyl (C=O) groups is 2. The van der Waals surface area contributed by atoms with E-state index < -0.39 is 18.0 Å². The lowest BCUT2D eigenvalue weighted by Crippen LogP contribution is -2.12. The molecule has 20 heavy (non-hydrogen) atoms. The summed E-state index contributed by atoms with van der Waals surface area (Å²) in [7, 11) is 0. The zero-order valence-electron chi connectivity index (χ0n) is 10.4. The number of esters is 1. The van der Waals surface area contributed by atoms with Gasteiger partial charge in [-0.05, 0) is 29.8 Å². The Morgan fingerprint density at radius 1 is 0.950 bits per heavy atom. The minimum atomic E-state index is -1.60. The van der Waals surface area contributed by atoms with Crippen molar-refractivity contribution in [3.8, 4) is 5.75 Å². The van der Waals surface area contributed by atoms with Crippen molar-refractivity contribution in [1.82, 2.24) is 0 Å². The van der Waals surface area contributed by atoms with Crippen molar-refractivity contribution in [1.29, 1.82) is 0 Å². The molecular weight excluding hydrogens is 260 g/mol. The van der Waals surface area contributed by atoms with E-state index in [1.165, 1.54) is 24.3 Å². The van der Waals surface area contributed by atoms with Gasteiger partial charge in [0.15, 0.2) is 6.10 Å². The van der Waals surface area contributed by atoms with Crippen LogP contribution in [0.5, 0.6) is 5.75 Å². The second-order valence-corrected chi connectivity index (χ2v) is 4.07. The van der Waals surface area contributed by atoms with Gasteiger partial charge in [0.1, 0.15) is 5.75 Å². The molecule has 102 valence electrons. The van der Waals surface area contributed by atoms with Crippen LogP contribution in [0.1, 0.15) is 22.0 Å². The van der Waals surface area contributed by atoms with Crippen LogP contribution in [0.2, 0.25) is 0 Å². The van der Waals surface area contributed by atoms with Crippen LogP contribution in [0.4, 0.5) is 0 Å². The first-order chi connectivity index (χ1) is 9.58. The highest BCUT2D eigenvalue weighted by atomic mass is 16.5. The third kappa shape index (κ3) is 3.21. The van der Waals surface area contributed by atoms with Gasteiger partial charge in [0.25, 0.3) is 0 Å². The minimum Gasteiger partial charge on any atom is -0.479 e. The van der Waals surface area contributed by atoms with Crippen molar-refractivity contribution >= 4 is 11.9 Å². The predicted octanol–water partition coefficient (Wildman–Crippen LogP) is 2.02. The quantitative estimate of drug-likeness (QED) is 0.657. The number of rotatable bonds is 4. The van der Waals surface area contributed by atoms with E-state index in [2.05, 4.69) is 0 Å². The van der Waals surface area contributed by atoms with Gasteiger partial charge in [-0.2, -0.15) is 0 Å². The van der Waals surface area contributed by atoms with Crippen LogP contribution in [0.25, 0.3) is 0 Å². The number of hydrogen-bond acceptors (Lipinski definition) is 4. The molecule has 5 heteroatoms. The van der Waals surface area contributed by atoms with Crippen molar-refractivity contribution in [2.75, 3.05) is 0 Å². The molecule has 2 rings (SSSR count). The standard InChI is InChI=1S/C15H12O5/c16-13(14(17)18)10-6-8-11(9-7-10)15(19)20-12-4-2-1-3-5-12/h1-9,13,16H,(H,17,18). The van der Waals surface area contributed by atoms with Gasteiger partial charge in [-0.15, -0.1) is 0 Å². The van der Waals surface area contributed by atoms with E-state index >= 15 is 0 Å². The van der Waals surface area contributed by atoms with E-state index in [1.807, 2.05) is 0 Å². The van der Waals surface area contributed by atoms with Gasteiger partial charge in [0.2, 0.25) is 0 Å². The van der Waals surface area contributed by atoms with E-state index in [0.29, 0.717) is 5.75 Å². The third-order valence-corrected chi connectivity index (χ3v) is 2.65. The molecule has 5 nitrogen and oxygen atoms in total. The fourth-order valence-electron chi connectivity index (χ4n) is 1.60. The van der Waals surface area contributed by atoms with E-state index in [0.717, 1.165) is 0 Å². The van der Waals surface area contributed by atoms with E-state index in [-0.39, 0.29) is 11.1 Å². The average Bonchev–Trinajstić information content (AvgIpc) is 2.47. The van der Waals surface area contributed by atoms with Crippen LogP contribution in [-0.4, -0.2) is 22.2 Å². The molecule has 1 unspecified atom stereocenters. The van der Waals surface area contributed by atoms with Crippen molar-refractivity contribution in [2.45, 2.75) is 6.10 Å². The SMILES string of the molecule is O=C(Oc1ccccc1)c1ccc(C(O)C(=O)O)cc1. The Balaban J connectivity index is 2.10. The number of aliphatic carboxylic acids is 1. The highest BCUT2D eigenvalue weighted by molar-refractivity contribution is 5.91. The van der Waals surface area contributed by atoms with Gasteiger partial charge in [0, 0.05) is 0 Å². The van der Waals surface area contributed by atoms with Gasteiger partial charge >= 0.3 is 11.9 Å². The lowest BCUT2D eigenvalue weighted by atomic mass is 10.1. The van der Waals surface area contributed by atoms with Crippen LogP contribution >= 0.6 is 0 Å². The number of benzene rings is 2. The molecule has 0 aliphatic rings. The van der Waals surface area contributed by atoms with Crippen molar-refractivity contribution in [3.63, 3.8) is 0 Å². The maximum atomic E-state index is 11.8. The number of carboxylic acid groups (broad SMARTS) is 1. The number of hydrogen-bond donors (Lipinski definition) is 2. The molecule has 0 fully saturated rings. The highest BCUT2D eigenvalue weighted by Crippen LogP contribution is 2.16. The Hall–Kier alpha value is -2.66. The number of para-hydroxylation sites is 1. The van der Waals surface area contributed by atoms with Crippen LogP contribution in [0.3, 0.4) is 0 Å². The van der Waals surface area contributed by atoms with E-state index in [4.69, 9.17) is 9.84 Å². The van der Waals surface area contributed by atoms with E-state index in [1.54, 1.807) is 30.3 Å². The minimum absolute atomic E-state index is 0.203. The maximum Gasteiger partial charge on any atom is 0.343 e. The molecule has 0 saturated carbocycles. The summed E-state index contributed by atoms with van der Waals surface area (Å²) in [6, 6.07) is 14.2. The Kier molecular flexibility index (Phi) is 4.12. The van der Waals surface area contributed by atoms with E-state index in [9.17, 15) is 14.7 Å². The second kappa shape index (κ2) is 5.99. The smallest absolute Gasteiger partial charge is 0.343 e. The summed E-state index contributed by atoms with van der Waals surface area (Å²) < 4.78 is 5.13. The first kappa shape index (κ1) is 13.8. The summed E-state index contributed by atoms with van der Waals surface area (Å²) in [5.41, 5.74) is 0.476. The number of carboxylic acids is 1. The van der Waals surface area contributed by atoms with Gasteiger partial charge in [-0.1, -0.05) is 30.3 Å². The van der Waals surface area contributed by atoms with Crippen molar-refractivity contribution in [2.24, 2.45) is 0 Å². The molecule has 0 saturated heterocycles. The first-order valence-electron chi connectivity index (χ1n) is 5.86. The normalized spacial score (nSPS) is 11.7. The Labute approximate surface area is 115 Å². The van der Waals surface area contributed by atoms with Crippen LogP contribution in [0, 0.1) is 0 Å². The summed E-state index contributed by atoms with van der Waals surface area (Å²) in [5.74, 6) is -1.47. The lowest BCUT2D eigenvalue weighted by Gasteiger charge is -2.07. The molecule has 2 aromatic rings. The maximum absolute atomic E-state index is 11.8. The van der Waals surface area contributed by atoms with Gasteiger partial charge in [-0.25, -0.2) is 9.59 Å². The fourth-order valence-corrected chi connectivity index (χ4v) is 1.60. The van der Waals surface area contributed by atoms with Gasteiger partial charge in [0.05, 0.1) is 5.56 Å².